The van der Waals surface area contributed by atoms with E-state index in [9.17, 15) is 4.79 Å². The molecule has 0 atom stereocenters. The molecule has 17 heavy (non-hydrogen) atoms. The Kier molecular flexibility index (Phi) is 3.19. The van der Waals surface area contributed by atoms with E-state index in [2.05, 4.69) is 4.98 Å². The molecule has 0 fully saturated rings. The van der Waals surface area contributed by atoms with Gasteiger partial charge in [0.2, 0.25) is 0 Å². The van der Waals surface area contributed by atoms with Crippen molar-refractivity contribution in [1.29, 1.82) is 0 Å². The van der Waals surface area contributed by atoms with Crippen LogP contribution in [0.1, 0.15) is 15.9 Å². The summed E-state index contributed by atoms with van der Waals surface area (Å²) in [4.78, 5) is 15.1. The summed E-state index contributed by atoms with van der Waals surface area (Å²) in [7, 11) is 1.61. The highest BCUT2D eigenvalue weighted by Crippen LogP contribution is 2.30. The van der Waals surface area contributed by atoms with Crippen molar-refractivity contribution in [2.75, 3.05) is 7.11 Å². The molecule has 1 aromatic heterocycles. The minimum atomic E-state index is 0.617. The van der Waals surface area contributed by atoms with Gasteiger partial charge in [0.05, 0.1) is 12.8 Å². The van der Waals surface area contributed by atoms with Crippen LogP contribution in [0.5, 0.6) is 5.75 Å². The summed E-state index contributed by atoms with van der Waals surface area (Å²) in [6, 6.07) is 9.17. The summed E-state index contributed by atoms with van der Waals surface area (Å²) in [5.41, 5.74) is 3.35. The molecule has 3 heteroatoms. The molecule has 0 N–H and O–H groups in total. The summed E-state index contributed by atoms with van der Waals surface area (Å²) in [6.07, 6.45) is 2.55. The van der Waals surface area contributed by atoms with Gasteiger partial charge in [-0.25, -0.2) is 0 Å². The van der Waals surface area contributed by atoms with Crippen LogP contribution in [0.3, 0.4) is 0 Å². The molecule has 0 spiro atoms. The van der Waals surface area contributed by atoms with E-state index >= 15 is 0 Å². The van der Waals surface area contributed by atoms with Crippen LogP contribution in [0.25, 0.3) is 11.3 Å². The molecule has 0 aliphatic heterocycles. The van der Waals surface area contributed by atoms with Gasteiger partial charge in [0.15, 0.2) is 0 Å². The van der Waals surface area contributed by atoms with Crippen molar-refractivity contribution < 1.29 is 9.53 Å². The lowest BCUT2D eigenvalue weighted by atomic mass is 10.0. The number of benzene rings is 1. The van der Waals surface area contributed by atoms with Crippen LogP contribution >= 0.6 is 0 Å². The highest BCUT2D eigenvalue weighted by atomic mass is 16.5. The standard InChI is InChI=1S/C14H13NO2/c1-10-4-3-7-15-14(10)12-8-11(9-16)5-6-13(12)17-2/h3-9H,1-2H3. The maximum absolute atomic E-state index is 10.8. The number of carbonyl (C=O) groups excluding carboxylic acids is 1. The van der Waals surface area contributed by atoms with Crippen LogP contribution < -0.4 is 4.74 Å². The van der Waals surface area contributed by atoms with E-state index in [1.54, 1.807) is 31.5 Å². The lowest BCUT2D eigenvalue weighted by Gasteiger charge is -2.10. The average Bonchev–Trinajstić information content (AvgIpc) is 2.38. The number of methoxy groups -OCH3 is 1. The molecule has 2 rings (SSSR count). The largest absolute Gasteiger partial charge is 0.496 e. The Morgan fingerprint density at radius 3 is 2.76 bits per heavy atom. The third-order valence-electron chi connectivity index (χ3n) is 2.62. The van der Waals surface area contributed by atoms with Crippen molar-refractivity contribution in [3.63, 3.8) is 0 Å². The zero-order valence-corrected chi connectivity index (χ0v) is 9.81. The van der Waals surface area contributed by atoms with Gasteiger partial charge in [-0.05, 0) is 36.8 Å². The summed E-state index contributed by atoms with van der Waals surface area (Å²) >= 11 is 0. The Balaban J connectivity index is 2.64. The topological polar surface area (TPSA) is 39.2 Å². The summed E-state index contributed by atoms with van der Waals surface area (Å²) in [5.74, 6) is 0.720. The monoisotopic (exact) mass is 227 g/mol. The number of hydrogen-bond donors (Lipinski definition) is 0. The molecule has 86 valence electrons. The molecule has 0 saturated heterocycles. The van der Waals surface area contributed by atoms with Gasteiger partial charge in [-0.2, -0.15) is 0 Å². The predicted octanol–water partition coefficient (Wildman–Crippen LogP) is 2.88. The van der Waals surface area contributed by atoms with Gasteiger partial charge in [0, 0.05) is 17.3 Å². The Bertz CT molecular complexity index is 550. The molecule has 0 aliphatic rings. The Hall–Kier alpha value is -2.16. The third-order valence-corrected chi connectivity index (χ3v) is 2.62. The molecule has 1 heterocycles. The molecular weight excluding hydrogens is 214 g/mol. The fourth-order valence-corrected chi connectivity index (χ4v) is 1.75. The summed E-state index contributed by atoms with van der Waals surface area (Å²) < 4.78 is 5.30. The molecule has 0 saturated carbocycles. The van der Waals surface area contributed by atoms with E-state index < -0.39 is 0 Å². The minimum absolute atomic E-state index is 0.617. The second kappa shape index (κ2) is 4.78. The molecule has 1 aromatic carbocycles. The van der Waals surface area contributed by atoms with Crippen LogP contribution in [0.15, 0.2) is 36.5 Å². The first kappa shape index (κ1) is 11.3. The predicted molar refractivity (Wildman–Crippen MR) is 66.3 cm³/mol. The summed E-state index contributed by atoms with van der Waals surface area (Å²) in [5, 5.41) is 0. The second-order valence-corrected chi connectivity index (χ2v) is 3.75. The van der Waals surface area contributed by atoms with Gasteiger partial charge < -0.3 is 4.74 Å². The van der Waals surface area contributed by atoms with Gasteiger partial charge in [0.1, 0.15) is 12.0 Å². The molecule has 3 nitrogen and oxygen atoms in total. The first-order chi connectivity index (χ1) is 8.26. The molecule has 0 aliphatic carbocycles. The molecule has 0 radical (unpaired) electrons. The Morgan fingerprint density at radius 1 is 1.29 bits per heavy atom. The van der Waals surface area contributed by atoms with Gasteiger partial charge in [0.25, 0.3) is 0 Å². The van der Waals surface area contributed by atoms with Gasteiger partial charge in [-0.15, -0.1) is 0 Å². The fourth-order valence-electron chi connectivity index (χ4n) is 1.75. The first-order valence-corrected chi connectivity index (χ1v) is 5.31. The zero-order valence-electron chi connectivity index (χ0n) is 9.81. The van der Waals surface area contributed by atoms with Crippen LogP contribution in [-0.4, -0.2) is 18.4 Å². The lowest BCUT2D eigenvalue weighted by Crippen LogP contribution is -1.94. The van der Waals surface area contributed by atoms with Crippen molar-refractivity contribution in [2.24, 2.45) is 0 Å². The number of rotatable bonds is 3. The van der Waals surface area contributed by atoms with Crippen molar-refractivity contribution >= 4 is 6.29 Å². The molecular formula is C14H13NO2. The highest BCUT2D eigenvalue weighted by molar-refractivity contribution is 5.81. The highest BCUT2D eigenvalue weighted by Gasteiger charge is 2.10. The van der Waals surface area contributed by atoms with Crippen LogP contribution in [0.4, 0.5) is 0 Å². The number of carbonyl (C=O) groups is 1. The summed E-state index contributed by atoms with van der Waals surface area (Å²) in [6.45, 7) is 1.98. The normalized spacial score (nSPS) is 10.0. The fraction of sp³-hybridized carbons (Fsp3) is 0.143. The van der Waals surface area contributed by atoms with Crippen molar-refractivity contribution in [3.05, 3.63) is 47.7 Å². The van der Waals surface area contributed by atoms with E-state index in [1.807, 2.05) is 19.1 Å². The average molecular weight is 227 g/mol. The van der Waals surface area contributed by atoms with Crippen molar-refractivity contribution in [3.8, 4) is 17.0 Å². The molecule has 0 unspecified atom stereocenters. The number of aldehydes is 1. The van der Waals surface area contributed by atoms with E-state index in [-0.39, 0.29) is 0 Å². The van der Waals surface area contributed by atoms with Crippen molar-refractivity contribution in [1.82, 2.24) is 4.98 Å². The Morgan fingerprint density at radius 2 is 2.12 bits per heavy atom. The Labute approximate surface area is 100 Å². The maximum atomic E-state index is 10.8. The van der Waals surface area contributed by atoms with E-state index in [1.165, 1.54) is 0 Å². The third kappa shape index (κ3) is 2.18. The number of ether oxygens (including phenoxy) is 1. The number of nitrogens with zero attached hydrogens (tertiary/aromatic N) is 1. The maximum Gasteiger partial charge on any atom is 0.150 e. The van der Waals surface area contributed by atoms with E-state index in [0.717, 1.165) is 28.9 Å². The van der Waals surface area contributed by atoms with Crippen LogP contribution in [0.2, 0.25) is 0 Å². The smallest absolute Gasteiger partial charge is 0.150 e. The van der Waals surface area contributed by atoms with Gasteiger partial charge in [-0.1, -0.05) is 6.07 Å². The van der Waals surface area contributed by atoms with Gasteiger partial charge >= 0.3 is 0 Å². The molecule has 0 amide bonds. The molecule has 2 aromatic rings. The van der Waals surface area contributed by atoms with E-state index in [0.29, 0.717) is 5.56 Å². The van der Waals surface area contributed by atoms with Crippen molar-refractivity contribution in [2.45, 2.75) is 6.92 Å². The van der Waals surface area contributed by atoms with Gasteiger partial charge in [-0.3, -0.25) is 9.78 Å². The molecule has 0 bridgehead atoms. The minimum Gasteiger partial charge on any atom is -0.496 e. The van der Waals surface area contributed by atoms with Crippen LogP contribution in [-0.2, 0) is 0 Å². The first-order valence-electron chi connectivity index (χ1n) is 5.31. The number of aromatic nitrogens is 1. The lowest BCUT2D eigenvalue weighted by molar-refractivity contribution is 0.112. The number of aryl methyl sites for hydroxylation is 1. The SMILES string of the molecule is COc1ccc(C=O)cc1-c1ncccc1C. The van der Waals surface area contributed by atoms with Crippen LogP contribution in [0, 0.1) is 6.92 Å². The zero-order chi connectivity index (χ0) is 12.3. The second-order valence-electron chi connectivity index (χ2n) is 3.75. The number of hydrogen-bond acceptors (Lipinski definition) is 3. The van der Waals surface area contributed by atoms with E-state index in [4.69, 9.17) is 4.74 Å². The quantitative estimate of drug-likeness (QED) is 0.757. The number of pyridine rings is 1.